The lowest BCUT2D eigenvalue weighted by molar-refractivity contribution is 0.0785. The number of benzene rings is 1. The predicted octanol–water partition coefficient (Wildman–Crippen LogP) is 2.95. The Labute approximate surface area is 134 Å². The first kappa shape index (κ1) is 19.7. The minimum Gasteiger partial charge on any atom is -0.493 e. The number of nitrogens with zero attached hydrogens (tertiary/aromatic N) is 1. The maximum absolute atomic E-state index is 12.4. The molecule has 1 atom stereocenters. The van der Waals surface area contributed by atoms with Crippen molar-refractivity contribution in [3.63, 3.8) is 0 Å². The van der Waals surface area contributed by atoms with E-state index in [4.69, 9.17) is 10.5 Å². The van der Waals surface area contributed by atoms with Gasteiger partial charge in [0.05, 0.1) is 12.2 Å². The molecule has 0 spiro atoms. The number of hydrogen-bond donors (Lipinski definition) is 1. The van der Waals surface area contributed by atoms with Crippen molar-refractivity contribution >= 4 is 18.3 Å². The number of rotatable bonds is 7. The van der Waals surface area contributed by atoms with Crippen LogP contribution in [0.1, 0.15) is 37.6 Å². The van der Waals surface area contributed by atoms with Crippen LogP contribution in [0.3, 0.4) is 0 Å². The molecular weight excluding hydrogens is 288 g/mol. The first-order valence-electron chi connectivity index (χ1n) is 7.20. The Bertz CT molecular complexity index is 438. The van der Waals surface area contributed by atoms with Gasteiger partial charge in [-0.3, -0.25) is 4.79 Å². The molecule has 0 saturated carbocycles. The van der Waals surface area contributed by atoms with Crippen LogP contribution in [0.15, 0.2) is 24.3 Å². The highest BCUT2D eigenvalue weighted by atomic mass is 35.5. The summed E-state index contributed by atoms with van der Waals surface area (Å²) in [7, 11) is 1.80. The monoisotopic (exact) mass is 314 g/mol. The van der Waals surface area contributed by atoms with E-state index in [0.717, 1.165) is 6.42 Å². The number of para-hydroxylation sites is 1. The third kappa shape index (κ3) is 5.94. The van der Waals surface area contributed by atoms with Crippen LogP contribution in [0.5, 0.6) is 5.75 Å². The van der Waals surface area contributed by atoms with Gasteiger partial charge < -0.3 is 15.4 Å². The highest BCUT2D eigenvalue weighted by molar-refractivity contribution is 5.96. The van der Waals surface area contributed by atoms with Gasteiger partial charge >= 0.3 is 0 Å². The normalized spacial score (nSPS) is 11.7. The van der Waals surface area contributed by atoms with Crippen molar-refractivity contribution in [2.45, 2.75) is 33.2 Å². The van der Waals surface area contributed by atoms with Crippen LogP contribution in [0.4, 0.5) is 0 Å². The van der Waals surface area contributed by atoms with Gasteiger partial charge in [-0.05, 0) is 31.4 Å². The zero-order valence-electron chi connectivity index (χ0n) is 13.3. The summed E-state index contributed by atoms with van der Waals surface area (Å²) in [5.74, 6) is 1.04. The predicted molar refractivity (Wildman–Crippen MR) is 89.2 cm³/mol. The van der Waals surface area contributed by atoms with Crippen LogP contribution in [-0.2, 0) is 0 Å². The van der Waals surface area contributed by atoms with Crippen LogP contribution in [-0.4, -0.2) is 37.0 Å². The van der Waals surface area contributed by atoms with E-state index in [1.165, 1.54) is 0 Å². The number of ether oxygens (including phenoxy) is 1. The van der Waals surface area contributed by atoms with Gasteiger partial charge in [-0.25, -0.2) is 0 Å². The van der Waals surface area contributed by atoms with E-state index in [-0.39, 0.29) is 24.4 Å². The molecule has 4 nitrogen and oxygen atoms in total. The molecule has 1 aromatic carbocycles. The maximum atomic E-state index is 12.4. The van der Waals surface area contributed by atoms with Crippen LogP contribution in [0.25, 0.3) is 0 Å². The van der Waals surface area contributed by atoms with Gasteiger partial charge in [-0.15, -0.1) is 12.4 Å². The molecular formula is C16H27ClN2O2. The van der Waals surface area contributed by atoms with Gasteiger partial charge in [0, 0.05) is 19.6 Å². The lowest BCUT2D eigenvalue weighted by atomic mass is 10.0. The fourth-order valence-electron chi connectivity index (χ4n) is 1.91. The maximum Gasteiger partial charge on any atom is 0.257 e. The smallest absolute Gasteiger partial charge is 0.257 e. The number of hydrogen-bond acceptors (Lipinski definition) is 3. The molecule has 0 aliphatic carbocycles. The third-order valence-corrected chi connectivity index (χ3v) is 3.42. The first-order chi connectivity index (χ1) is 9.47. The summed E-state index contributed by atoms with van der Waals surface area (Å²) in [6.45, 7) is 7.30. The van der Waals surface area contributed by atoms with E-state index in [1.54, 1.807) is 18.0 Å². The van der Waals surface area contributed by atoms with Crippen molar-refractivity contribution in [3.8, 4) is 5.75 Å². The molecule has 0 aliphatic heterocycles. The molecule has 0 radical (unpaired) electrons. The largest absolute Gasteiger partial charge is 0.493 e. The Morgan fingerprint density at radius 2 is 1.95 bits per heavy atom. The molecule has 0 saturated heterocycles. The third-order valence-electron chi connectivity index (χ3n) is 3.42. The number of nitrogens with two attached hydrogens (primary N) is 1. The number of amides is 1. The average molecular weight is 315 g/mol. The molecule has 0 heterocycles. The van der Waals surface area contributed by atoms with E-state index < -0.39 is 0 Å². The second-order valence-corrected chi connectivity index (χ2v) is 5.35. The van der Waals surface area contributed by atoms with Crippen molar-refractivity contribution in [2.75, 3.05) is 20.2 Å². The summed E-state index contributed by atoms with van der Waals surface area (Å²) < 4.78 is 5.50. The van der Waals surface area contributed by atoms with Crippen molar-refractivity contribution in [3.05, 3.63) is 29.8 Å². The van der Waals surface area contributed by atoms with E-state index in [1.807, 2.05) is 25.1 Å². The zero-order chi connectivity index (χ0) is 15.1. The number of carbonyl (C=O) groups is 1. The molecule has 1 amide bonds. The Kier molecular flexibility index (Phi) is 9.06. The molecule has 21 heavy (non-hydrogen) atoms. The molecule has 1 rings (SSSR count). The quantitative estimate of drug-likeness (QED) is 0.842. The summed E-state index contributed by atoms with van der Waals surface area (Å²) in [6, 6.07) is 7.46. The Balaban J connectivity index is 0.00000400. The van der Waals surface area contributed by atoms with Gasteiger partial charge in [0.1, 0.15) is 5.75 Å². The van der Waals surface area contributed by atoms with Crippen molar-refractivity contribution in [1.29, 1.82) is 0 Å². The standard InChI is InChI=1S/C16H26N2O2.ClH/c1-5-20-15-9-7-6-8-13(15)16(19)18(4)11-10-14(17)12(2)3;/h6-9,12,14H,5,10-11,17H2,1-4H3;1H. The number of halogens is 1. The second kappa shape index (κ2) is 9.64. The van der Waals surface area contributed by atoms with E-state index >= 15 is 0 Å². The van der Waals surface area contributed by atoms with E-state index in [0.29, 0.717) is 30.4 Å². The molecule has 0 aromatic heterocycles. The molecule has 1 aromatic rings. The minimum atomic E-state index is -0.0231. The van der Waals surface area contributed by atoms with E-state index in [9.17, 15) is 4.79 Å². The fraction of sp³-hybridized carbons (Fsp3) is 0.562. The van der Waals surface area contributed by atoms with Gasteiger partial charge in [0.2, 0.25) is 0 Å². The molecule has 5 heteroatoms. The highest BCUT2D eigenvalue weighted by Crippen LogP contribution is 2.19. The fourth-order valence-corrected chi connectivity index (χ4v) is 1.91. The van der Waals surface area contributed by atoms with Crippen molar-refractivity contribution < 1.29 is 9.53 Å². The summed E-state index contributed by atoms with van der Waals surface area (Å²) in [6.07, 6.45) is 0.802. The Morgan fingerprint density at radius 1 is 1.33 bits per heavy atom. The van der Waals surface area contributed by atoms with Crippen LogP contribution >= 0.6 is 12.4 Å². The molecule has 2 N–H and O–H groups in total. The lowest BCUT2D eigenvalue weighted by Crippen LogP contribution is -2.34. The summed E-state index contributed by atoms with van der Waals surface area (Å²) >= 11 is 0. The van der Waals surface area contributed by atoms with Gasteiger partial charge in [0.25, 0.3) is 5.91 Å². The summed E-state index contributed by atoms with van der Waals surface area (Å²) in [5, 5.41) is 0. The zero-order valence-corrected chi connectivity index (χ0v) is 14.2. The lowest BCUT2D eigenvalue weighted by Gasteiger charge is -2.22. The van der Waals surface area contributed by atoms with Gasteiger partial charge in [0.15, 0.2) is 0 Å². The highest BCUT2D eigenvalue weighted by Gasteiger charge is 2.17. The second-order valence-electron chi connectivity index (χ2n) is 5.35. The van der Waals surface area contributed by atoms with Crippen molar-refractivity contribution in [2.24, 2.45) is 11.7 Å². The van der Waals surface area contributed by atoms with Gasteiger partial charge in [-0.2, -0.15) is 0 Å². The topological polar surface area (TPSA) is 55.6 Å². The minimum absolute atomic E-state index is 0. The summed E-state index contributed by atoms with van der Waals surface area (Å²) in [5.41, 5.74) is 6.63. The number of carbonyl (C=O) groups excluding carboxylic acids is 1. The molecule has 0 fully saturated rings. The summed E-state index contributed by atoms with van der Waals surface area (Å²) in [4.78, 5) is 14.1. The Morgan fingerprint density at radius 3 is 2.52 bits per heavy atom. The molecule has 0 aliphatic rings. The van der Waals surface area contributed by atoms with E-state index in [2.05, 4.69) is 13.8 Å². The molecule has 1 unspecified atom stereocenters. The van der Waals surface area contributed by atoms with Crippen LogP contribution in [0.2, 0.25) is 0 Å². The van der Waals surface area contributed by atoms with Gasteiger partial charge in [-0.1, -0.05) is 26.0 Å². The Hall–Kier alpha value is -1.26. The molecule has 120 valence electrons. The van der Waals surface area contributed by atoms with Crippen LogP contribution in [0, 0.1) is 5.92 Å². The first-order valence-corrected chi connectivity index (χ1v) is 7.20. The average Bonchev–Trinajstić information content (AvgIpc) is 2.44. The SMILES string of the molecule is CCOc1ccccc1C(=O)N(C)CCC(N)C(C)C.Cl. The molecule has 0 bridgehead atoms. The van der Waals surface area contributed by atoms with Crippen LogP contribution < -0.4 is 10.5 Å². The van der Waals surface area contributed by atoms with Crippen molar-refractivity contribution in [1.82, 2.24) is 4.90 Å².